The van der Waals surface area contributed by atoms with Gasteiger partial charge in [-0.25, -0.2) is 14.6 Å². The van der Waals surface area contributed by atoms with Crippen LogP contribution in [0.25, 0.3) is 22.2 Å². The first-order chi connectivity index (χ1) is 15.2. The molecule has 3 aromatic heterocycles. The second kappa shape index (κ2) is 7.95. The number of hydrogen-bond acceptors (Lipinski definition) is 5. The second-order valence-electron chi connectivity index (χ2n) is 7.53. The van der Waals surface area contributed by atoms with Crippen LogP contribution in [0.4, 0.5) is 0 Å². The zero-order valence-corrected chi connectivity index (χ0v) is 17.0. The van der Waals surface area contributed by atoms with Crippen LogP contribution in [0.5, 0.6) is 0 Å². The maximum atomic E-state index is 13.1. The summed E-state index contributed by atoms with van der Waals surface area (Å²) < 4.78 is 3.31. The number of fused-ring (bicyclic) bond motifs is 1. The average Bonchev–Trinajstić information content (AvgIpc) is 3.24. The second-order valence-corrected chi connectivity index (χ2v) is 7.53. The van der Waals surface area contributed by atoms with Crippen molar-refractivity contribution in [3.63, 3.8) is 0 Å². The Morgan fingerprint density at radius 3 is 2.52 bits per heavy atom. The first kappa shape index (κ1) is 18.9. The standard InChI is InChI=1S/C24H20N6O/c1-17-7-9-18(10-8-17)13-30-15-21(27-28-30)14-29-16-26-23-22(24(29)31)11-20(12-25-23)19-5-3-2-4-6-19/h2-12,15-16H,13-14H2,1H3. The van der Waals surface area contributed by atoms with Gasteiger partial charge in [-0.2, -0.15) is 0 Å². The Hall–Kier alpha value is -4.13. The number of aromatic nitrogens is 6. The van der Waals surface area contributed by atoms with Crippen molar-refractivity contribution in [3.05, 3.63) is 107 Å². The summed E-state index contributed by atoms with van der Waals surface area (Å²) in [4.78, 5) is 21.8. The molecular weight excluding hydrogens is 388 g/mol. The molecule has 152 valence electrons. The fraction of sp³-hybridized carbons (Fsp3) is 0.125. The van der Waals surface area contributed by atoms with Crippen molar-refractivity contribution in [1.29, 1.82) is 0 Å². The summed E-state index contributed by atoms with van der Waals surface area (Å²) in [5.74, 6) is 0. The highest BCUT2D eigenvalue weighted by Gasteiger charge is 2.10. The van der Waals surface area contributed by atoms with Gasteiger partial charge in [0, 0.05) is 11.8 Å². The Balaban J connectivity index is 1.41. The quantitative estimate of drug-likeness (QED) is 0.445. The molecule has 31 heavy (non-hydrogen) atoms. The predicted molar refractivity (Wildman–Crippen MR) is 119 cm³/mol. The van der Waals surface area contributed by atoms with E-state index < -0.39 is 0 Å². The van der Waals surface area contributed by atoms with Gasteiger partial charge in [0.05, 0.1) is 24.7 Å². The monoisotopic (exact) mass is 408 g/mol. The molecule has 0 unspecified atom stereocenters. The van der Waals surface area contributed by atoms with E-state index in [1.165, 1.54) is 11.9 Å². The summed E-state index contributed by atoms with van der Waals surface area (Å²) in [5, 5.41) is 8.90. The number of pyridine rings is 1. The van der Waals surface area contributed by atoms with E-state index in [4.69, 9.17) is 0 Å². The van der Waals surface area contributed by atoms with Crippen molar-refractivity contribution in [3.8, 4) is 11.1 Å². The summed E-state index contributed by atoms with van der Waals surface area (Å²) in [5.41, 5.74) is 5.23. The minimum Gasteiger partial charge on any atom is -0.292 e. The van der Waals surface area contributed by atoms with Crippen LogP contribution >= 0.6 is 0 Å². The summed E-state index contributed by atoms with van der Waals surface area (Å²) >= 11 is 0. The fourth-order valence-electron chi connectivity index (χ4n) is 3.49. The number of nitrogens with zero attached hydrogens (tertiary/aromatic N) is 6. The largest absolute Gasteiger partial charge is 0.292 e. The lowest BCUT2D eigenvalue weighted by Gasteiger charge is -2.06. The molecular formula is C24H20N6O. The molecule has 0 aliphatic heterocycles. The molecule has 0 saturated heterocycles. The first-order valence-corrected chi connectivity index (χ1v) is 10.0. The SMILES string of the molecule is Cc1ccc(Cn2cc(Cn3cnc4ncc(-c5ccccc5)cc4c3=O)nn2)cc1. The van der Waals surface area contributed by atoms with E-state index in [0.717, 1.165) is 16.7 Å². The van der Waals surface area contributed by atoms with Crippen LogP contribution in [0.3, 0.4) is 0 Å². The van der Waals surface area contributed by atoms with Gasteiger partial charge >= 0.3 is 0 Å². The van der Waals surface area contributed by atoms with Crippen molar-refractivity contribution < 1.29 is 0 Å². The number of aryl methyl sites for hydroxylation is 1. The van der Waals surface area contributed by atoms with Crippen LogP contribution in [0.15, 0.2) is 84.2 Å². The lowest BCUT2D eigenvalue weighted by Crippen LogP contribution is -2.21. The van der Waals surface area contributed by atoms with Crippen LogP contribution < -0.4 is 5.56 Å². The summed E-state index contributed by atoms with van der Waals surface area (Å²) in [7, 11) is 0. The lowest BCUT2D eigenvalue weighted by atomic mass is 10.1. The maximum absolute atomic E-state index is 13.1. The Morgan fingerprint density at radius 1 is 0.903 bits per heavy atom. The third kappa shape index (κ3) is 3.98. The zero-order chi connectivity index (χ0) is 21.2. The zero-order valence-electron chi connectivity index (χ0n) is 17.0. The fourth-order valence-corrected chi connectivity index (χ4v) is 3.49. The molecule has 0 amide bonds. The van der Waals surface area contributed by atoms with E-state index in [9.17, 15) is 4.79 Å². The van der Waals surface area contributed by atoms with Crippen molar-refractivity contribution >= 4 is 11.0 Å². The Kier molecular flexibility index (Phi) is 4.84. The molecule has 7 heteroatoms. The summed E-state index contributed by atoms with van der Waals surface area (Å²) in [6.07, 6.45) is 5.11. The van der Waals surface area contributed by atoms with Gasteiger partial charge in [-0.3, -0.25) is 9.36 Å². The van der Waals surface area contributed by atoms with Crippen molar-refractivity contribution in [2.75, 3.05) is 0 Å². The molecule has 0 aliphatic rings. The van der Waals surface area contributed by atoms with E-state index in [2.05, 4.69) is 51.5 Å². The van der Waals surface area contributed by atoms with Gasteiger partial charge in [0.1, 0.15) is 12.0 Å². The average molecular weight is 408 g/mol. The summed E-state index contributed by atoms with van der Waals surface area (Å²) in [6, 6.07) is 20.0. The van der Waals surface area contributed by atoms with Crippen molar-refractivity contribution in [2.45, 2.75) is 20.0 Å². The molecule has 0 N–H and O–H groups in total. The van der Waals surface area contributed by atoms with Gasteiger partial charge in [-0.05, 0) is 24.1 Å². The molecule has 0 saturated carbocycles. The Morgan fingerprint density at radius 2 is 1.71 bits per heavy atom. The molecule has 0 radical (unpaired) electrons. The molecule has 0 bridgehead atoms. The third-order valence-corrected chi connectivity index (χ3v) is 5.17. The Bertz CT molecular complexity index is 1400. The molecule has 0 atom stereocenters. The van der Waals surface area contributed by atoms with Crippen molar-refractivity contribution in [2.24, 2.45) is 0 Å². The topological polar surface area (TPSA) is 78.5 Å². The van der Waals surface area contributed by atoms with Crippen molar-refractivity contribution in [1.82, 2.24) is 29.5 Å². The summed E-state index contributed by atoms with van der Waals surface area (Å²) in [6.45, 7) is 2.98. The molecule has 2 aromatic carbocycles. The number of benzene rings is 2. The van der Waals surface area contributed by atoms with Gasteiger partial charge in [0.2, 0.25) is 0 Å². The van der Waals surface area contributed by atoms with Crippen LogP contribution in [0.1, 0.15) is 16.8 Å². The van der Waals surface area contributed by atoms with E-state index in [1.54, 1.807) is 15.4 Å². The Labute approximate surface area is 178 Å². The van der Waals surface area contributed by atoms with E-state index >= 15 is 0 Å². The van der Waals surface area contributed by atoms with Gasteiger partial charge in [-0.1, -0.05) is 65.4 Å². The lowest BCUT2D eigenvalue weighted by molar-refractivity contribution is 0.648. The highest BCUT2D eigenvalue weighted by atomic mass is 16.1. The van der Waals surface area contributed by atoms with Crippen LogP contribution in [-0.4, -0.2) is 29.5 Å². The minimum absolute atomic E-state index is 0.150. The maximum Gasteiger partial charge on any atom is 0.263 e. The van der Waals surface area contributed by atoms with Crippen LogP contribution in [-0.2, 0) is 13.1 Å². The van der Waals surface area contributed by atoms with Crippen LogP contribution in [0, 0.1) is 6.92 Å². The number of hydrogen-bond donors (Lipinski definition) is 0. The van der Waals surface area contributed by atoms with E-state index in [0.29, 0.717) is 29.8 Å². The molecule has 5 aromatic rings. The molecule has 0 fully saturated rings. The minimum atomic E-state index is -0.150. The van der Waals surface area contributed by atoms with E-state index in [1.807, 2.05) is 42.6 Å². The smallest absolute Gasteiger partial charge is 0.263 e. The van der Waals surface area contributed by atoms with Gasteiger partial charge in [0.25, 0.3) is 5.56 Å². The molecule has 0 aliphatic carbocycles. The van der Waals surface area contributed by atoms with E-state index in [-0.39, 0.29) is 5.56 Å². The first-order valence-electron chi connectivity index (χ1n) is 10.0. The van der Waals surface area contributed by atoms with Gasteiger partial charge in [0.15, 0.2) is 5.65 Å². The van der Waals surface area contributed by atoms with Crippen LogP contribution in [0.2, 0.25) is 0 Å². The highest BCUT2D eigenvalue weighted by molar-refractivity contribution is 5.79. The number of rotatable bonds is 5. The van der Waals surface area contributed by atoms with Gasteiger partial charge < -0.3 is 0 Å². The third-order valence-electron chi connectivity index (χ3n) is 5.17. The molecule has 5 rings (SSSR count). The molecule has 7 nitrogen and oxygen atoms in total. The van der Waals surface area contributed by atoms with Gasteiger partial charge in [-0.15, -0.1) is 5.10 Å². The molecule has 3 heterocycles. The normalized spacial score (nSPS) is 11.1. The molecule has 0 spiro atoms. The predicted octanol–water partition coefficient (Wildman–Crippen LogP) is 3.46. The highest BCUT2D eigenvalue weighted by Crippen LogP contribution is 2.20.